The van der Waals surface area contributed by atoms with Crippen LogP contribution in [0.25, 0.3) is 0 Å². The summed E-state index contributed by atoms with van der Waals surface area (Å²) in [5, 5.41) is 0.260. The highest BCUT2D eigenvalue weighted by Crippen LogP contribution is 2.24. The molecule has 1 aliphatic heterocycles. The fourth-order valence-electron chi connectivity index (χ4n) is 2.12. The molecule has 0 N–H and O–H groups in total. The molecule has 1 aromatic rings. The minimum atomic E-state index is -0.0665. The van der Waals surface area contributed by atoms with Gasteiger partial charge in [0.05, 0.1) is 12.4 Å². The Hall–Kier alpha value is -1.16. The third-order valence-electron chi connectivity index (χ3n) is 3.28. The first-order valence-corrected chi connectivity index (χ1v) is 6.22. The summed E-state index contributed by atoms with van der Waals surface area (Å²) in [4.78, 5) is 21.9. The number of carbonyl (C=O) groups is 1. The van der Waals surface area contributed by atoms with E-state index in [-0.39, 0.29) is 11.1 Å². The van der Waals surface area contributed by atoms with E-state index in [1.807, 2.05) is 4.90 Å². The molecule has 1 saturated heterocycles. The zero-order valence-corrected chi connectivity index (χ0v) is 10.8. The SMILES string of the molecule is CC(C)C1CCN(C(=O)c2cncc(Cl)n2)C1. The predicted molar refractivity (Wildman–Crippen MR) is 65.9 cm³/mol. The van der Waals surface area contributed by atoms with E-state index in [0.29, 0.717) is 17.5 Å². The van der Waals surface area contributed by atoms with E-state index in [0.717, 1.165) is 19.5 Å². The third-order valence-corrected chi connectivity index (χ3v) is 3.46. The Labute approximate surface area is 106 Å². The summed E-state index contributed by atoms with van der Waals surface area (Å²) in [5.74, 6) is 1.13. The van der Waals surface area contributed by atoms with Crippen molar-refractivity contribution in [2.24, 2.45) is 11.8 Å². The standard InChI is InChI=1S/C12H16ClN3O/c1-8(2)9-3-4-16(7-9)12(17)10-5-14-6-11(13)15-10/h5-6,8-9H,3-4,7H2,1-2H3. The lowest BCUT2D eigenvalue weighted by atomic mass is 9.95. The molecule has 5 heteroatoms. The molecule has 1 unspecified atom stereocenters. The highest BCUT2D eigenvalue weighted by molar-refractivity contribution is 6.29. The number of hydrogen-bond acceptors (Lipinski definition) is 3. The van der Waals surface area contributed by atoms with Gasteiger partial charge in [-0.2, -0.15) is 0 Å². The zero-order chi connectivity index (χ0) is 12.4. The number of nitrogens with zero attached hydrogens (tertiary/aromatic N) is 3. The van der Waals surface area contributed by atoms with Crippen molar-refractivity contribution in [3.05, 3.63) is 23.2 Å². The van der Waals surface area contributed by atoms with Gasteiger partial charge in [0.15, 0.2) is 0 Å². The van der Waals surface area contributed by atoms with Gasteiger partial charge in [-0.25, -0.2) is 4.98 Å². The molecule has 0 bridgehead atoms. The van der Waals surface area contributed by atoms with Crippen molar-refractivity contribution in [2.75, 3.05) is 13.1 Å². The largest absolute Gasteiger partial charge is 0.337 e. The molecule has 92 valence electrons. The molecular weight excluding hydrogens is 238 g/mol. The van der Waals surface area contributed by atoms with Crippen molar-refractivity contribution in [1.29, 1.82) is 0 Å². The second-order valence-corrected chi connectivity index (χ2v) is 5.16. The minimum Gasteiger partial charge on any atom is -0.337 e. The van der Waals surface area contributed by atoms with Gasteiger partial charge < -0.3 is 4.90 Å². The van der Waals surface area contributed by atoms with E-state index in [1.165, 1.54) is 12.4 Å². The number of carbonyl (C=O) groups excluding carboxylic acids is 1. The Morgan fingerprint density at radius 2 is 2.29 bits per heavy atom. The van der Waals surface area contributed by atoms with Crippen LogP contribution in [0.2, 0.25) is 5.15 Å². The minimum absolute atomic E-state index is 0.0665. The zero-order valence-electron chi connectivity index (χ0n) is 10.1. The van der Waals surface area contributed by atoms with E-state index in [1.54, 1.807) is 0 Å². The molecule has 0 radical (unpaired) electrons. The summed E-state index contributed by atoms with van der Waals surface area (Å²) in [6, 6.07) is 0. The highest BCUT2D eigenvalue weighted by Gasteiger charge is 2.29. The number of halogens is 1. The molecule has 1 aliphatic rings. The summed E-state index contributed by atoms with van der Waals surface area (Å²) >= 11 is 5.73. The summed E-state index contributed by atoms with van der Waals surface area (Å²) in [6.45, 7) is 6.00. The van der Waals surface area contributed by atoms with Gasteiger partial charge in [-0.05, 0) is 18.3 Å². The van der Waals surface area contributed by atoms with E-state index in [9.17, 15) is 4.79 Å². The van der Waals surface area contributed by atoms with Crippen molar-refractivity contribution >= 4 is 17.5 Å². The molecule has 2 rings (SSSR count). The molecule has 2 heterocycles. The van der Waals surface area contributed by atoms with E-state index >= 15 is 0 Å². The lowest BCUT2D eigenvalue weighted by Gasteiger charge is -2.17. The number of rotatable bonds is 2. The second kappa shape index (κ2) is 5.00. The van der Waals surface area contributed by atoms with E-state index in [4.69, 9.17) is 11.6 Å². The van der Waals surface area contributed by atoms with Gasteiger partial charge in [0, 0.05) is 13.1 Å². The Morgan fingerprint density at radius 3 is 2.88 bits per heavy atom. The van der Waals surface area contributed by atoms with Crippen LogP contribution in [0, 0.1) is 11.8 Å². The van der Waals surface area contributed by atoms with Crippen molar-refractivity contribution in [2.45, 2.75) is 20.3 Å². The molecule has 1 amide bonds. The van der Waals surface area contributed by atoms with Crippen molar-refractivity contribution in [3.63, 3.8) is 0 Å². The monoisotopic (exact) mass is 253 g/mol. The van der Waals surface area contributed by atoms with Gasteiger partial charge in [0.25, 0.3) is 5.91 Å². The van der Waals surface area contributed by atoms with Gasteiger partial charge in [0.1, 0.15) is 10.8 Å². The van der Waals surface area contributed by atoms with Gasteiger partial charge in [0.2, 0.25) is 0 Å². The fraction of sp³-hybridized carbons (Fsp3) is 0.583. The molecule has 17 heavy (non-hydrogen) atoms. The molecule has 4 nitrogen and oxygen atoms in total. The Morgan fingerprint density at radius 1 is 1.53 bits per heavy atom. The maximum absolute atomic E-state index is 12.1. The van der Waals surface area contributed by atoms with Gasteiger partial charge >= 0.3 is 0 Å². The lowest BCUT2D eigenvalue weighted by molar-refractivity contribution is 0.0777. The molecule has 0 aliphatic carbocycles. The average Bonchev–Trinajstić information content (AvgIpc) is 2.77. The van der Waals surface area contributed by atoms with Gasteiger partial charge in [-0.1, -0.05) is 25.4 Å². The second-order valence-electron chi connectivity index (χ2n) is 4.77. The summed E-state index contributed by atoms with van der Waals surface area (Å²) in [7, 11) is 0. The normalized spacial score (nSPS) is 20.0. The summed E-state index contributed by atoms with van der Waals surface area (Å²) in [5.41, 5.74) is 0.335. The topological polar surface area (TPSA) is 46.1 Å². The Bertz CT molecular complexity index is 422. The molecule has 1 atom stereocenters. The van der Waals surface area contributed by atoms with Crippen LogP contribution in [-0.4, -0.2) is 33.9 Å². The molecule has 1 fully saturated rings. The van der Waals surface area contributed by atoms with E-state index in [2.05, 4.69) is 23.8 Å². The van der Waals surface area contributed by atoms with Crippen LogP contribution in [0.3, 0.4) is 0 Å². The lowest BCUT2D eigenvalue weighted by Crippen LogP contribution is -2.30. The van der Waals surface area contributed by atoms with Gasteiger partial charge in [-0.15, -0.1) is 0 Å². The first kappa shape index (κ1) is 12.3. The Balaban J connectivity index is 2.07. The van der Waals surface area contributed by atoms with Crippen LogP contribution in [0.15, 0.2) is 12.4 Å². The molecular formula is C12H16ClN3O. The third kappa shape index (κ3) is 2.75. The van der Waals surface area contributed by atoms with Crippen LogP contribution >= 0.6 is 11.6 Å². The van der Waals surface area contributed by atoms with Crippen LogP contribution in [-0.2, 0) is 0 Å². The number of amides is 1. The molecule has 0 saturated carbocycles. The highest BCUT2D eigenvalue weighted by atomic mass is 35.5. The maximum Gasteiger partial charge on any atom is 0.274 e. The van der Waals surface area contributed by atoms with Crippen molar-refractivity contribution in [3.8, 4) is 0 Å². The van der Waals surface area contributed by atoms with Crippen LogP contribution < -0.4 is 0 Å². The smallest absolute Gasteiger partial charge is 0.274 e. The first-order valence-electron chi connectivity index (χ1n) is 5.84. The number of aromatic nitrogens is 2. The quantitative estimate of drug-likeness (QED) is 0.812. The van der Waals surface area contributed by atoms with Crippen LogP contribution in [0.1, 0.15) is 30.8 Å². The Kier molecular flexibility index (Phi) is 3.62. The molecule has 1 aromatic heterocycles. The number of likely N-dealkylation sites (tertiary alicyclic amines) is 1. The molecule has 0 aromatic carbocycles. The predicted octanol–water partition coefficient (Wildman–Crippen LogP) is 2.25. The molecule has 0 spiro atoms. The first-order chi connectivity index (χ1) is 8.08. The van der Waals surface area contributed by atoms with Crippen LogP contribution in [0.4, 0.5) is 0 Å². The average molecular weight is 254 g/mol. The van der Waals surface area contributed by atoms with Crippen LogP contribution in [0.5, 0.6) is 0 Å². The summed E-state index contributed by atoms with van der Waals surface area (Å²) < 4.78 is 0. The maximum atomic E-state index is 12.1. The number of hydrogen-bond donors (Lipinski definition) is 0. The fourth-order valence-corrected chi connectivity index (χ4v) is 2.27. The summed E-state index contributed by atoms with van der Waals surface area (Å²) in [6.07, 6.45) is 3.97. The van der Waals surface area contributed by atoms with Gasteiger partial charge in [-0.3, -0.25) is 9.78 Å². The van der Waals surface area contributed by atoms with Crippen molar-refractivity contribution < 1.29 is 4.79 Å². The van der Waals surface area contributed by atoms with Crippen molar-refractivity contribution in [1.82, 2.24) is 14.9 Å². The van der Waals surface area contributed by atoms with E-state index < -0.39 is 0 Å².